The van der Waals surface area contributed by atoms with Crippen LogP contribution in [0.15, 0.2) is 24.3 Å². The van der Waals surface area contributed by atoms with E-state index in [1.54, 1.807) is 12.1 Å². The van der Waals surface area contributed by atoms with Gasteiger partial charge in [0.15, 0.2) is 5.12 Å². The van der Waals surface area contributed by atoms with Gasteiger partial charge < -0.3 is 0 Å². The highest BCUT2D eigenvalue weighted by Gasteiger charge is 2.01. The Balaban J connectivity index is 2.53. The van der Waals surface area contributed by atoms with Crippen molar-refractivity contribution in [3.63, 3.8) is 0 Å². The topological polar surface area (TPSA) is 40.9 Å². The largest absolute Gasteiger partial charge is 0.288 e. The minimum atomic E-state index is -0.350. The molecule has 0 bridgehead atoms. The van der Waals surface area contributed by atoms with Gasteiger partial charge in [0.25, 0.3) is 0 Å². The zero-order chi connectivity index (χ0) is 13.4. The van der Waals surface area contributed by atoms with Crippen LogP contribution in [-0.4, -0.2) is 10.9 Å². The average Bonchev–Trinajstić information content (AvgIpc) is 2.32. The summed E-state index contributed by atoms with van der Waals surface area (Å²) in [6.07, 6.45) is 4.59. The van der Waals surface area contributed by atoms with Gasteiger partial charge in [-0.1, -0.05) is 36.0 Å². The molecule has 0 fully saturated rings. The Morgan fingerprint density at radius 1 is 1.56 bits per heavy atom. The third kappa shape index (κ3) is 5.15. The summed E-state index contributed by atoms with van der Waals surface area (Å²) in [5.41, 5.74) is 1.18. The number of thioether (sulfide) groups is 1. The summed E-state index contributed by atoms with van der Waals surface area (Å²) in [5.74, 6) is 0.387. The second kappa shape index (κ2) is 7.67. The Morgan fingerprint density at radius 2 is 2.33 bits per heavy atom. The smallest absolute Gasteiger partial charge is 0.185 e. The molecule has 0 aliphatic rings. The number of nitriles is 1. The first-order valence-electron chi connectivity index (χ1n) is 5.58. The highest BCUT2D eigenvalue weighted by molar-refractivity contribution is 8.13. The lowest BCUT2D eigenvalue weighted by Crippen LogP contribution is -1.89. The molecule has 0 heterocycles. The molecule has 1 rings (SSSR count). The molecular weight excluding hydrogens is 249 g/mol. The predicted octanol–water partition coefficient (Wildman–Crippen LogP) is 3.57. The van der Waals surface area contributed by atoms with Gasteiger partial charge in [0.1, 0.15) is 5.82 Å². The maximum atomic E-state index is 13.5. The molecule has 0 atom stereocenters. The van der Waals surface area contributed by atoms with Crippen molar-refractivity contribution in [3.05, 3.63) is 41.2 Å². The van der Waals surface area contributed by atoms with E-state index in [9.17, 15) is 9.18 Å². The number of carbonyl (C=O) groups is 1. The van der Waals surface area contributed by atoms with Crippen molar-refractivity contribution in [2.45, 2.75) is 19.8 Å². The molecule has 0 amide bonds. The van der Waals surface area contributed by atoms with E-state index in [1.807, 2.05) is 18.2 Å². The molecule has 0 saturated heterocycles. The third-order valence-electron chi connectivity index (χ3n) is 2.25. The lowest BCUT2D eigenvalue weighted by Gasteiger charge is -1.99. The Morgan fingerprint density at radius 3 is 2.94 bits per heavy atom. The van der Waals surface area contributed by atoms with Crippen molar-refractivity contribution in [1.82, 2.24) is 0 Å². The molecule has 4 heteroatoms. The van der Waals surface area contributed by atoms with Crippen LogP contribution in [0.4, 0.5) is 4.39 Å². The van der Waals surface area contributed by atoms with Gasteiger partial charge in [0.2, 0.25) is 0 Å². The molecule has 0 aliphatic carbocycles. The van der Waals surface area contributed by atoms with Gasteiger partial charge >= 0.3 is 0 Å². The molecule has 0 radical (unpaired) electrons. The van der Waals surface area contributed by atoms with Gasteiger partial charge in [-0.3, -0.25) is 4.79 Å². The molecule has 0 aliphatic heterocycles. The van der Waals surface area contributed by atoms with E-state index in [-0.39, 0.29) is 17.4 Å². The Labute approximate surface area is 111 Å². The number of carbonyl (C=O) groups excluding carboxylic acids is 1. The van der Waals surface area contributed by atoms with Crippen molar-refractivity contribution in [2.75, 3.05) is 5.75 Å². The number of hydrogen-bond acceptors (Lipinski definition) is 3. The summed E-state index contributed by atoms with van der Waals surface area (Å²) < 4.78 is 13.5. The molecule has 0 unspecified atom stereocenters. The number of rotatable bonds is 5. The fourth-order valence-electron chi connectivity index (χ4n) is 1.39. The molecule has 0 saturated carbocycles. The van der Waals surface area contributed by atoms with Gasteiger partial charge in [-0.2, -0.15) is 5.26 Å². The monoisotopic (exact) mass is 263 g/mol. The normalized spacial score (nSPS) is 10.5. The quantitative estimate of drug-likeness (QED) is 0.762. The highest BCUT2D eigenvalue weighted by atomic mass is 32.2. The second-order valence-corrected chi connectivity index (χ2v) is 4.99. The first kappa shape index (κ1) is 14.5. The second-order valence-electron chi connectivity index (χ2n) is 3.72. The maximum Gasteiger partial charge on any atom is 0.185 e. The average molecular weight is 263 g/mol. The molecule has 1 aromatic carbocycles. The summed E-state index contributed by atoms with van der Waals surface area (Å²) >= 11 is 1.28. The van der Waals surface area contributed by atoms with Crippen LogP contribution in [0.1, 0.15) is 24.5 Å². The zero-order valence-corrected chi connectivity index (χ0v) is 11.0. The Hall–Kier alpha value is -1.60. The minimum absolute atomic E-state index is 0.0884. The van der Waals surface area contributed by atoms with Crippen LogP contribution < -0.4 is 0 Å². The summed E-state index contributed by atoms with van der Waals surface area (Å²) in [6, 6.07) is 6.75. The fourth-order valence-corrected chi connectivity index (χ4v) is 1.93. The van der Waals surface area contributed by atoms with E-state index in [0.29, 0.717) is 5.56 Å². The van der Waals surface area contributed by atoms with E-state index in [4.69, 9.17) is 5.26 Å². The predicted molar refractivity (Wildman–Crippen MR) is 72.5 cm³/mol. The van der Waals surface area contributed by atoms with Crippen LogP contribution in [0, 0.1) is 17.1 Å². The van der Waals surface area contributed by atoms with E-state index < -0.39 is 0 Å². The molecule has 2 nitrogen and oxygen atoms in total. The molecule has 94 valence electrons. The van der Waals surface area contributed by atoms with E-state index >= 15 is 0 Å². The molecule has 0 spiro atoms. The first-order valence-corrected chi connectivity index (χ1v) is 6.57. The third-order valence-corrected chi connectivity index (χ3v) is 3.09. The fraction of sp³-hybridized carbons (Fsp3) is 0.286. The van der Waals surface area contributed by atoms with Gasteiger partial charge in [0.05, 0.1) is 12.5 Å². The van der Waals surface area contributed by atoms with Crippen molar-refractivity contribution < 1.29 is 9.18 Å². The number of benzene rings is 1. The highest BCUT2D eigenvalue weighted by Crippen LogP contribution is 2.13. The van der Waals surface area contributed by atoms with Crippen molar-refractivity contribution in [3.8, 4) is 6.07 Å². The number of allylic oxidation sites excluding steroid dienone is 1. The number of hydrogen-bond donors (Lipinski definition) is 0. The zero-order valence-electron chi connectivity index (χ0n) is 10.1. The van der Waals surface area contributed by atoms with E-state index in [2.05, 4.69) is 0 Å². The van der Waals surface area contributed by atoms with Crippen molar-refractivity contribution >= 4 is 23.0 Å². The Kier molecular flexibility index (Phi) is 6.16. The van der Waals surface area contributed by atoms with Crippen LogP contribution in [-0.2, 0) is 11.2 Å². The standard InChI is InChI=1S/C14H14FNOS/c1-11(17)18-9-3-2-4-12-5-6-13(7-8-16)14(15)10-12/h2,4-6,10H,3,7,9H2,1H3. The molecule has 0 aromatic heterocycles. The summed E-state index contributed by atoms with van der Waals surface area (Å²) in [7, 11) is 0. The Bertz CT molecular complexity index is 491. The maximum absolute atomic E-state index is 13.5. The van der Waals surface area contributed by atoms with Crippen molar-refractivity contribution in [2.24, 2.45) is 0 Å². The van der Waals surface area contributed by atoms with Gasteiger partial charge in [-0.25, -0.2) is 4.39 Å². The minimum Gasteiger partial charge on any atom is -0.288 e. The van der Waals surface area contributed by atoms with Gasteiger partial charge in [0, 0.05) is 18.2 Å². The number of nitrogens with zero attached hydrogens (tertiary/aromatic N) is 1. The van der Waals surface area contributed by atoms with Crippen molar-refractivity contribution in [1.29, 1.82) is 5.26 Å². The summed E-state index contributed by atoms with van der Waals surface area (Å²) in [6.45, 7) is 1.54. The number of halogens is 1. The van der Waals surface area contributed by atoms with Gasteiger partial charge in [-0.15, -0.1) is 0 Å². The molecule has 0 N–H and O–H groups in total. The van der Waals surface area contributed by atoms with Crippen LogP contribution in [0.25, 0.3) is 6.08 Å². The molecule has 18 heavy (non-hydrogen) atoms. The van der Waals surface area contributed by atoms with Crippen LogP contribution in [0.3, 0.4) is 0 Å². The van der Waals surface area contributed by atoms with Crippen LogP contribution in [0.5, 0.6) is 0 Å². The lowest BCUT2D eigenvalue weighted by molar-refractivity contribution is -0.109. The van der Waals surface area contributed by atoms with Crippen LogP contribution in [0.2, 0.25) is 0 Å². The molecular formula is C14H14FNOS. The van der Waals surface area contributed by atoms with Gasteiger partial charge in [-0.05, 0) is 18.1 Å². The SMILES string of the molecule is CC(=O)SCCC=Cc1ccc(CC#N)c(F)c1. The summed E-state index contributed by atoms with van der Waals surface area (Å²) in [5, 5.41) is 8.60. The summed E-state index contributed by atoms with van der Waals surface area (Å²) in [4.78, 5) is 10.7. The first-order chi connectivity index (χ1) is 8.63. The lowest BCUT2D eigenvalue weighted by atomic mass is 10.1. The van der Waals surface area contributed by atoms with E-state index in [0.717, 1.165) is 17.7 Å². The van der Waals surface area contributed by atoms with Crippen LogP contribution >= 0.6 is 11.8 Å². The molecule has 1 aromatic rings. The van der Waals surface area contributed by atoms with E-state index in [1.165, 1.54) is 24.8 Å².